The lowest BCUT2D eigenvalue weighted by Crippen LogP contribution is -1.82. The van der Waals surface area contributed by atoms with E-state index in [4.69, 9.17) is 0 Å². The van der Waals surface area contributed by atoms with Crippen LogP contribution in [0.2, 0.25) is 0 Å². The van der Waals surface area contributed by atoms with Crippen molar-refractivity contribution in [1.82, 2.24) is 0 Å². The highest BCUT2D eigenvalue weighted by atomic mass is 32.1. The van der Waals surface area contributed by atoms with Crippen molar-refractivity contribution in [2.24, 2.45) is 0 Å². The van der Waals surface area contributed by atoms with Gasteiger partial charge in [-0.1, -0.05) is 17.7 Å². The van der Waals surface area contributed by atoms with E-state index in [1.807, 2.05) is 0 Å². The third-order valence-corrected chi connectivity index (χ3v) is 1.61. The molecular formula is C7H10S. The maximum absolute atomic E-state index is 4.24. The molecule has 0 aromatic rings. The Morgan fingerprint density at radius 2 is 2.38 bits per heavy atom. The molecule has 44 valence electrons. The largest absolute Gasteiger partial charge is 0.148 e. The summed E-state index contributed by atoms with van der Waals surface area (Å²) in [6.07, 6.45) is 6.65. The predicted molar refractivity (Wildman–Crippen MR) is 40.1 cm³/mol. The maximum Gasteiger partial charge on any atom is -0.0179 e. The zero-order chi connectivity index (χ0) is 5.98. The zero-order valence-corrected chi connectivity index (χ0v) is 5.91. The van der Waals surface area contributed by atoms with Gasteiger partial charge in [-0.05, 0) is 24.7 Å². The number of hydrogen-bond donors (Lipinski definition) is 1. The molecule has 0 spiro atoms. The van der Waals surface area contributed by atoms with Crippen LogP contribution in [0.4, 0.5) is 0 Å². The van der Waals surface area contributed by atoms with Crippen LogP contribution in [0.15, 0.2) is 22.6 Å². The summed E-state index contributed by atoms with van der Waals surface area (Å²) in [6.45, 7) is 2.11. The maximum atomic E-state index is 4.24. The molecule has 0 atom stereocenters. The van der Waals surface area contributed by atoms with Gasteiger partial charge in [-0.25, -0.2) is 0 Å². The van der Waals surface area contributed by atoms with Crippen LogP contribution in [-0.4, -0.2) is 0 Å². The Morgan fingerprint density at radius 3 is 2.75 bits per heavy atom. The molecule has 1 heteroatoms. The van der Waals surface area contributed by atoms with Gasteiger partial charge >= 0.3 is 0 Å². The SMILES string of the molecule is CC1=CCCC(S)=C1. The van der Waals surface area contributed by atoms with Crippen LogP contribution in [0.1, 0.15) is 19.8 Å². The van der Waals surface area contributed by atoms with E-state index < -0.39 is 0 Å². The summed E-state index contributed by atoms with van der Waals surface area (Å²) < 4.78 is 0. The van der Waals surface area contributed by atoms with Crippen molar-refractivity contribution in [3.05, 3.63) is 22.6 Å². The summed E-state index contributed by atoms with van der Waals surface area (Å²) in [7, 11) is 0. The third kappa shape index (κ3) is 1.41. The Morgan fingerprint density at radius 1 is 1.62 bits per heavy atom. The molecule has 0 N–H and O–H groups in total. The van der Waals surface area contributed by atoms with Gasteiger partial charge in [0.15, 0.2) is 0 Å². The molecule has 0 radical (unpaired) electrons. The van der Waals surface area contributed by atoms with Crippen molar-refractivity contribution in [3.8, 4) is 0 Å². The number of rotatable bonds is 0. The van der Waals surface area contributed by atoms with Crippen molar-refractivity contribution in [2.75, 3.05) is 0 Å². The highest BCUT2D eigenvalue weighted by Gasteiger charge is 1.95. The lowest BCUT2D eigenvalue weighted by molar-refractivity contribution is 1.00. The van der Waals surface area contributed by atoms with Crippen LogP contribution in [0, 0.1) is 0 Å². The van der Waals surface area contributed by atoms with E-state index in [-0.39, 0.29) is 0 Å². The lowest BCUT2D eigenvalue weighted by Gasteiger charge is -2.03. The first-order valence-corrected chi connectivity index (χ1v) is 3.30. The molecule has 0 saturated carbocycles. The molecule has 0 aromatic heterocycles. The van der Waals surface area contributed by atoms with Gasteiger partial charge in [0.1, 0.15) is 0 Å². The monoisotopic (exact) mass is 126 g/mol. The fourth-order valence-electron chi connectivity index (χ4n) is 0.842. The van der Waals surface area contributed by atoms with E-state index >= 15 is 0 Å². The Hall–Kier alpha value is -0.170. The van der Waals surface area contributed by atoms with Crippen molar-refractivity contribution >= 4 is 12.6 Å². The average molecular weight is 126 g/mol. The molecule has 0 heterocycles. The van der Waals surface area contributed by atoms with Crippen molar-refractivity contribution in [1.29, 1.82) is 0 Å². The van der Waals surface area contributed by atoms with Crippen molar-refractivity contribution in [2.45, 2.75) is 19.8 Å². The molecular weight excluding hydrogens is 116 g/mol. The van der Waals surface area contributed by atoms with Crippen LogP contribution in [0.3, 0.4) is 0 Å². The van der Waals surface area contributed by atoms with Crippen LogP contribution in [0.25, 0.3) is 0 Å². The van der Waals surface area contributed by atoms with Gasteiger partial charge in [0.2, 0.25) is 0 Å². The molecule has 0 unspecified atom stereocenters. The van der Waals surface area contributed by atoms with Crippen molar-refractivity contribution in [3.63, 3.8) is 0 Å². The van der Waals surface area contributed by atoms with Gasteiger partial charge in [0.25, 0.3) is 0 Å². The zero-order valence-electron chi connectivity index (χ0n) is 5.02. The smallest absolute Gasteiger partial charge is 0.0179 e. The van der Waals surface area contributed by atoms with Crippen LogP contribution in [0.5, 0.6) is 0 Å². The van der Waals surface area contributed by atoms with E-state index in [1.54, 1.807) is 0 Å². The minimum absolute atomic E-state index is 1.13. The highest BCUT2D eigenvalue weighted by Crippen LogP contribution is 2.18. The minimum Gasteiger partial charge on any atom is -0.148 e. The molecule has 0 bridgehead atoms. The first-order valence-electron chi connectivity index (χ1n) is 2.85. The lowest BCUT2D eigenvalue weighted by atomic mass is 10.1. The molecule has 0 fully saturated rings. The number of hydrogen-bond acceptors (Lipinski definition) is 1. The van der Waals surface area contributed by atoms with E-state index in [0.29, 0.717) is 0 Å². The molecule has 8 heavy (non-hydrogen) atoms. The first kappa shape index (κ1) is 5.96. The van der Waals surface area contributed by atoms with E-state index in [9.17, 15) is 0 Å². The van der Waals surface area contributed by atoms with Crippen LogP contribution >= 0.6 is 12.6 Å². The molecule has 0 saturated heterocycles. The normalized spacial score (nSPS) is 19.8. The summed E-state index contributed by atoms with van der Waals surface area (Å²) >= 11 is 4.24. The second-order valence-electron chi connectivity index (χ2n) is 2.12. The van der Waals surface area contributed by atoms with Gasteiger partial charge in [-0.3, -0.25) is 0 Å². The fourth-order valence-corrected chi connectivity index (χ4v) is 1.17. The van der Waals surface area contributed by atoms with Gasteiger partial charge in [0, 0.05) is 0 Å². The Bertz CT molecular complexity index is 142. The van der Waals surface area contributed by atoms with Gasteiger partial charge < -0.3 is 0 Å². The Balaban J connectivity index is 2.69. The molecule has 0 amide bonds. The molecule has 0 aromatic carbocycles. The van der Waals surface area contributed by atoms with Crippen LogP contribution < -0.4 is 0 Å². The Kier molecular flexibility index (Phi) is 1.79. The summed E-state index contributed by atoms with van der Waals surface area (Å²) in [5, 5.41) is 0. The standard InChI is InChI=1S/C7H10S/c1-6-3-2-4-7(8)5-6/h3,5,8H,2,4H2,1H3. The molecule has 1 rings (SSSR count). The Labute approximate surface area is 55.7 Å². The van der Waals surface area contributed by atoms with Gasteiger partial charge in [-0.2, -0.15) is 0 Å². The molecule has 0 aliphatic heterocycles. The number of allylic oxidation sites excluding steroid dienone is 4. The third-order valence-electron chi connectivity index (χ3n) is 1.26. The van der Waals surface area contributed by atoms with E-state index in [1.165, 1.54) is 16.9 Å². The topological polar surface area (TPSA) is 0 Å². The summed E-state index contributed by atoms with van der Waals surface area (Å²) in [5.41, 5.74) is 1.35. The number of thiol groups is 1. The van der Waals surface area contributed by atoms with E-state index in [2.05, 4.69) is 31.7 Å². The molecule has 1 aliphatic carbocycles. The molecule has 1 aliphatic rings. The fraction of sp³-hybridized carbons (Fsp3) is 0.429. The highest BCUT2D eigenvalue weighted by molar-refractivity contribution is 7.84. The summed E-state index contributed by atoms with van der Waals surface area (Å²) in [4.78, 5) is 1.21. The van der Waals surface area contributed by atoms with Gasteiger partial charge in [0.05, 0.1) is 0 Å². The summed E-state index contributed by atoms with van der Waals surface area (Å²) in [6, 6.07) is 0. The second kappa shape index (κ2) is 2.40. The predicted octanol–water partition coefficient (Wildman–Crippen LogP) is 2.54. The second-order valence-corrected chi connectivity index (χ2v) is 2.70. The summed E-state index contributed by atoms with van der Waals surface area (Å²) in [5.74, 6) is 0. The van der Waals surface area contributed by atoms with Crippen molar-refractivity contribution < 1.29 is 0 Å². The average Bonchev–Trinajstić information content (AvgIpc) is 1.64. The quantitative estimate of drug-likeness (QED) is 0.474. The minimum atomic E-state index is 1.13. The van der Waals surface area contributed by atoms with E-state index in [0.717, 1.165) is 6.42 Å². The molecule has 0 nitrogen and oxygen atoms in total. The van der Waals surface area contributed by atoms with Gasteiger partial charge in [-0.15, -0.1) is 12.6 Å². The first-order chi connectivity index (χ1) is 3.79. The van der Waals surface area contributed by atoms with Crippen LogP contribution in [-0.2, 0) is 0 Å².